The van der Waals surface area contributed by atoms with Gasteiger partial charge in [-0.25, -0.2) is 0 Å². The van der Waals surface area contributed by atoms with E-state index in [9.17, 15) is 0 Å². The highest BCUT2D eigenvalue weighted by molar-refractivity contribution is 4.74. The van der Waals surface area contributed by atoms with Crippen molar-refractivity contribution in [3.8, 4) is 0 Å². The Hall–Kier alpha value is -0.120. The molecule has 0 bridgehead atoms. The van der Waals surface area contributed by atoms with Crippen molar-refractivity contribution in [3.63, 3.8) is 0 Å². The molecule has 0 aromatic rings. The van der Waals surface area contributed by atoms with Gasteiger partial charge in [0.25, 0.3) is 0 Å². The number of hydrogen-bond acceptors (Lipinski definition) is 3. The maximum absolute atomic E-state index is 3.71. The van der Waals surface area contributed by atoms with Crippen LogP contribution in [0.2, 0.25) is 0 Å². The largest absolute Gasteiger partial charge is 0.317 e. The van der Waals surface area contributed by atoms with Gasteiger partial charge in [0.15, 0.2) is 0 Å². The van der Waals surface area contributed by atoms with E-state index in [-0.39, 0.29) is 0 Å². The molecule has 15 heavy (non-hydrogen) atoms. The number of likely N-dealkylation sites (tertiary alicyclic amines) is 1. The maximum Gasteiger partial charge on any atom is 0.0107 e. The molecule has 1 unspecified atom stereocenters. The lowest BCUT2D eigenvalue weighted by Gasteiger charge is -2.19. The van der Waals surface area contributed by atoms with Gasteiger partial charge >= 0.3 is 0 Å². The van der Waals surface area contributed by atoms with Crippen LogP contribution in [0.5, 0.6) is 0 Å². The van der Waals surface area contributed by atoms with Gasteiger partial charge in [0.2, 0.25) is 0 Å². The lowest BCUT2D eigenvalue weighted by Crippen LogP contribution is -2.36. The second kappa shape index (κ2) is 6.46. The van der Waals surface area contributed by atoms with E-state index in [2.05, 4.69) is 15.5 Å². The van der Waals surface area contributed by atoms with Gasteiger partial charge in [-0.3, -0.25) is 0 Å². The monoisotopic (exact) mass is 211 g/mol. The van der Waals surface area contributed by atoms with Crippen LogP contribution in [0.1, 0.15) is 32.1 Å². The van der Waals surface area contributed by atoms with E-state index in [0.717, 1.165) is 6.04 Å². The van der Waals surface area contributed by atoms with Gasteiger partial charge in [0, 0.05) is 19.1 Å². The Morgan fingerprint density at radius 3 is 2.80 bits per heavy atom. The molecule has 0 aliphatic carbocycles. The van der Waals surface area contributed by atoms with Crippen LogP contribution in [-0.4, -0.2) is 50.2 Å². The molecule has 2 aliphatic heterocycles. The van der Waals surface area contributed by atoms with Gasteiger partial charge in [-0.15, -0.1) is 0 Å². The zero-order valence-electron chi connectivity index (χ0n) is 9.80. The summed E-state index contributed by atoms with van der Waals surface area (Å²) in [5.74, 6) is 0. The van der Waals surface area contributed by atoms with E-state index in [1.54, 1.807) is 0 Å². The first-order chi connectivity index (χ1) is 7.45. The Bertz CT molecular complexity index is 158. The summed E-state index contributed by atoms with van der Waals surface area (Å²) in [5.41, 5.74) is 0. The van der Waals surface area contributed by atoms with E-state index in [1.807, 2.05) is 0 Å². The van der Waals surface area contributed by atoms with E-state index < -0.39 is 0 Å². The normalized spacial score (nSPS) is 29.2. The number of nitrogens with zero attached hydrogens (tertiary/aromatic N) is 1. The highest BCUT2D eigenvalue weighted by atomic mass is 15.2. The van der Waals surface area contributed by atoms with Crippen molar-refractivity contribution >= 4 is 0 Å². The predicted molar refractivity (Wildman–Crippen MR) is 64.2 cm³/mol. The van der Waals surface area contributed by atoms with Crippen molar-refractivity contribution in [1.82, 2.24) is 15.5 Å². The van der Waals surface area contributed by atoms with Crippen LogP contribution in [0, 0.1) is 0 Å². The Morgan fingerprint density at radius 2 is 1.93 bits per heavy atom. The van der Waals surface area contributed by atoms with Crippen LogP contribution < -0.4 is 10.6 Å². The Labute approximate surface area is 93.6 Å². The molecule has 1 atom stereocenters. The maximum atomic E-state index is 3.71. The summed E-state index contributed by atoms with van der Waals surface area (Å²) in [5, 5.41) is 7.17. The van der Waals surface area contributed by atoms with Crippen molar-refractivity contribution < 1.29 is 0 Å². The summed E-state index contributed by atoms with van der Waals surface area (Å²) in [7, 11) is 0. The van der Waals surface area contributed by atoms with Crippen LogP contribution >= 0.6 is 0 Å². The quantitative estimate of drug-likeness (QED) is 0.721. The molecule has 3 nitrogen and oxygen atoms in total. The minimum absolute atomic E-state index is 0.766. The Kier molecular flexibility index (Phi) is 4.90. The summed E-state index contributed by atoms with van der Waals surface area (Å²) in [6.07, 6.45) is 6.81. The number of rotatable bonds is 4. The Balaban J connectivity index is 1.55. The minimum Gasteiger partial charge on any atom is -0.317 e. The van der Waals surface area contributed by atoms with E-state index >= 15 is 0 Å². The highest BCUT2D eigenvalue weighted by Crippen LogP contribution is 2.07. The summed E-state index contributed by atoms with van der Waals surface area (Å²) in [4.78, 5) is 2.59. The average molecular weight is 211 g/mol. The predicted octanol–water partition coefficient (Wildman–Crippen LogP) is 0.814. The third-order valence-electron chi connectivity index (χ3n) is 3.64. The first-order valence-corrected chi connectivity index (χ1v) is 6.61. The van der Waals surface area contributed by atoms with Gasteiger partial charge in [-0.1, -0.05) is 0 Å². The standard InChI is InChI=1S/C12H25N3/c1-2-10-15(9-1)11-8-14-12-4-3-6-13-7-5-12/h12-14H,1-11H2. The van der Waals surface area contributed by atoms with Crippen LogP contribution in [0.25, 0.3) is 0 Å². The molecule has 2 rings (SSSR count). The number of hydrogen-bond donors (Lipinski definition) is 2. The zero-order valence-corrected chi connectivity index (χ0v) is 9.80. The molecule has 2 N–H and O–H groups in total. The van der Waals surface area contributed by atoms with E-state index in [1.165, 1.54) is 71.4 Å². The van der Waals surface area contributed by atoms with Crippen molar-refractivity contribution in [1.29, 1.82) is 0 Å². The Morgan fingerprint density at radius 1 is 1.07 bits per heavy atom. The minimum atomic E-state index is 0.766. The van der Waals surface area contributed by atoms with Crippen molar-refractivity contribution in [2.24, 2.45) is 0 Å². The van der Waals surface area contributed by atoms with E-state index in [0.29, 0.717) is 0 Å². The molecule has 2 aliphatic rings. The molecule has 0 saturated carbocycles. The van der Waals surface area contributed by atoms with Crippen molar-refractivity contribution in [3.05, 3.63) is 0 Å². The second-order valence-electron chi connectivity index (χ2n) is 4.88. The van der Waals surface area contributed by atoms with Crippen molar-refractivity contribution in [2.75, 3.05) is 39.3 Å². The summed E-state index contributed by atoms with van der Waals surface area (Å²) in [6, 6.07) is 0.766. The van der Waals surface area contributed by atoms with Crippen LogP contribution in [0.15, 0.2) is 0 Å². The molecule has 2 fully saturated rings. The van der Waals surface area contributed by atoms with Gasteiger partial charge in [0.05, 0.1) is 0 Å². The van der Waals surface area contributed by atoms with Gasteiger partial charge < -0.3 is 15.5 Å². The zero-order chi connectivity index (χ0) is 10.3. The molecule has 88 valence electrons. The summed E-state index contributed by atoms with van der Waals surface area (Å²) in [6.45, 7) is 7.50. The smallest absolute Gasteiger partial charge is 0.0107 e. The fraction of sp³-hybridized carbons (Fsp3) is 1.00. The SMILES string of the molecule is C1CNCCC(NCCN2CCCC2)C1. The van der Waals surface area contributed by atoms with Crippen LogP contribution in [0.4, 0.5) is 0 Å². The lowest BCUT2D eigenvalue weighted by atomic mass is 10.1. The fourth-order valence-corrected chi connectivity index (χ4v) is 2.66. The summed E-state index contributed by atoms with van der Waals surface area (Å²) >= 11 is 0. The van der Waals surface area contributed by atoms with Crippen molar-refractivity contribution in [2.45, 2.75) is 38.1 Å². The molecule has 0 aromatic heterocycles. The lowest BCUT2D eigenvalue weighted by molar-refractivity contribution is 0.323. The van der Waals surface area contributed by atoms with Crippen LogP contribution in [0.3, 0.4) is 0 Å². The van der Waals surface area contributed by atoms with Crippen LogP contribution in [-0.2, 0) is 0 Å². The first kappa shape index (κ1) is 11.4. The molecule has 2 saturated heterocycles. The van der Waals surface area contributed by atoms with E-state index in [4.69, 9.17) is 0 Å². The molecular formula is C12H25N3. The first-order valence-electron chi connectivity index (χ1n) is 6.61. The molecule has 0 amide bonds. The highest BCUT2D eigenvalue weighted by Gasteiger charge is 2.13. The molecular weight excluding hydrogens is 186 g/mol. The molecule has 0 radical (unpaired) electrons. The fourth-order valence-electron chi connectivity index (χ4n) is 2.66. The third kappa shape index (κ3) is 4.09. The summed E-state index contributed by atoms with van der Waals surface area (Å²) < 4.78 is 0. The topological polar surface area (TPSA) is 27.3 Å². The van der Waals surface area contributed by atoms with Gasteiger partial charge in [-0.05, 0) is 58.3 Å². The second-order valence-corrected chi connectivity index (χ2v) is 4.88. The van der Waals surface area contributed by atoms with Gasteiger partial charge in [0.1, 0.15) is 0 Å². The molecule has 2 heterocycles. The number of nitrogens with one attached hydrogen (secondary N) is 2. The molecule has 0 aromatic carbocycles. The molecule has 3 heteroatoms. The molecule has 0 spiro atoms. The van der Waals surface area contributed by atoms with Gasteiger partial charge in [-0.2, -0.15) is 0 Å². The average Bonchev–Trinajstić information content (AvgIpc) is 2.62. The third-order valence-corrected chi connectivity index (χ3v) is 3.64.